The molecule has 0 saturated carbocycles. The molecule has 0 aliphatic carbocycles. The zero-order valence-corrected chi connectivity index (χ0v) is 20.7. The van der Waals surface area contributed by atoms with Crippen molar-refractivity contribution < 1.29 is 5.11 Å². The minimum atomic E-state index is -0.878. The van der Waals surface area contributed by atoms with Crippen LogP contribution in [0.25, 0.3) is 11.0 Å². The molecule has 3 aromatic carbocycles. The molecule has 4 aromatic rings. The minimum Gasteiger partial charge on any atom is -0.387 e. The van der Waals surface area contributed by atoms with Crippen LogP contribution < -0.4 is 11.5 Å². The topological polar surface area (TPSA) is 105 Å². The summed E-state index contributed by atoms with van der Waals surface area (Å²) in [7, 11) is 0. The van der Waals surface area contributed by atoms with Gasteiger partial charge in [-0.05, 0) is 42.3 Å². The van der Waals surface area contributed by atoms with Crippen LogP contribution >= 0.6 is 23.2 Å². The maximum absolute atomic E-state index is 10.9. The fraction of sp³-hybridized carbons (Fsp3) is 0.192. The lowest BCUT2D eigenvalue weighted by Gasteiger charge is -2.13. The SMILES string of the molecule is Cc1cccc(CN=C/C(Cn2c(=N)n(CC(O)c3ccc(Cl)c(Cl)c3)c3ccccc32)=N\N)c1. The molecule has 0 saturated heterocycles. The van der Waals surface area contributed by atoms with E-state index in [2.05, 4.69) is 16.2 Å². The molecule has 0 amide bonds. The molecular formula is C26H26Cl2N6O. The number of nitrogens with zero attached hydrogens (tertiary/aromatic N) is 4. The molecule has 1 atom stereocenters. The number of aliphatic hydroxyl groups is 1. The van der Waals surface area contributed by atoms with Gasteiger partial charge in [-0.1, -0.05) is 71.2 Å². The molecule has 4 rings (SSSR count). The van der Waals surface area contributed by atoms with Gasteiger partial charge in [0.15, 0.2) is 0 Å². The number of hydrogen-bond acceptors (Lipinski definition) is 5. The van der Waals surface area contributed by atoms with E-state index in [1.165, 1.54) is 5.56 Å². The van der Waals surface area contributed by atoms with Crippen molar-refractivity contribution >= 4 is 46.2 Å². The largest absolute Gasteiger partial charge is 0.387 e. The van der Waals surface area contributed by atoms with Gasteiger partial charge >= 0.3 is 0 Å². The van der Waals surface area contributed by atoms with Crippen LogP contribution in [0.1, 0.15) is 22.8 Å². The highest BCUT2D eigenvalue weighted by atomic mass is 35.5. The number of rotatable bonds is 8. The van der Waals surface area contributed by atoms with E-state index in [-0.39, 0.29) is 18.7 Å². The number of aryl methyl sites for hydroxylation is 1. The third kappa shape index (κ3) is 5.65. The summed E-state index contributed by atoms with van der Waals surface area (Å²) in [5.74, 6) is 5.66. The van der Waals surface area contributed by atoms with Crippen LogP contribution in [0.2, 0.25) is 10.0 Å². The van der Waals surface area contributed by atoms with E-state index in [1.807, 2.05) is 49.4 Å². The molecule has 180 valence electrons. The Balaban J connectivity index is 1.59. The van der Waals surface area contributed by atoms with Gasteiger partial charge in [-0.25, -0.2) is 0 Å². The van der Waals surface area contributed by atoms with E-state index in [9.17, 15) is 5.11 Å². The van der Waals surface area contributed by atoms with E-state index >= 15 is 0 Å². The number of para-hydroxylation sites is 2. The van der Waals surface area contributed by atoms with Crippen molar-refractivity contribution in [2.75, 3.05) is 0 Å². The molecule has 1 unspecified atom stereocenters. The van der Waals surface area contributed by atoms with E-state index in [4.69, 9.17) is 34.5 Å². The quantitative estimate of drug-likeness (QED) is 0.179. The monoisotopic (exact) mass is 508 g/mol. The summed E-state index contributed by atoms with van der Waals surface area (Å²) in [6.45, 7) is 2.99. The zero-order chi connectivity index (χ0) is 24.9. The number of halogens is 2. The maximum Gasteiger partial charge on any atom is 0.203 e. The van der Waals surface area contributed by atoms with Crippen molar-refractivity contribution in [3.63, 3.8) is 0 Å². The average molecular weight is 509 g/mol. The molecule has 9 heteroatoms. The highest BCUT2D eigenvalue weighted by molar-refractivity contribution is 6.42. The highest BCUT2D eigenvalue weighted by Gasteiger charge is 2.17. The summed E-state index contributed by atoms with van der Waals surface area (Å²) in [6.07, 6.45) is 0.766. The third-order valence-corrected chi connectivity index (χ3v) is 6.48. The van der Waals surface area contributed by atoms with Gasteiger partial charge in [0, 0.05) is 6.21 Å². The Kier molecular flexibility index (Phi) is 7.70. The van der Waals surface area contributed by atoms with Crippen LogP contribution in [0.15, 0.2) is 76.8 Å². The molecule has 0 radical (unpaired) electrons. The lowest BCUT2D eigenvalue weighted by atomic mass is 10.1. The number of aliphatic hydroxyl groups excluding tert-OH is 1. The van der Waals surface area contributed by atoms with Crippen molar-refractivity contribution in [1.82, 2.24) is 9.13 Å². The van der Waals surface area contributed by atoms with Crippen LogP contribution in [0, 0.1) is 12.3 Å². The second-order valence-electron chi connectivity index (χ2n) is 8.28. The first-order valence-corrected chi connectivity index (χ1v) is 11.8. The van der Waals surface area contributed by atoms with E-state index in [0.717, 1.165) is 16.6 Å². The third-order valence-electron chi connectivity index (χ3n) is 5.74. The standard InChI is InChI=1S/C26H26Cl2N6O/c1-17-5-4-6-18(11-17)13-31-14-20(32-30)15-33-23-7-2-3-8-24(23)34(26(33)29)16-25(35)19-9-10-21(27)22(28)12-19/h2-12,14,25,29,35H,13,15-16,30H2,1H3/b29-26?,31-14?,32-20+. The molecule has 1 aromatic heterocycles. The molecule has 0 aliphatic rings. The number of nitrogens with one attached hydrogen (secondary N) is 1. The van der Waals surface area contributed by atoms with Crippen LogP contribution in [0.5, 0.6) is 0 Å². The molecule has 1 heterocycles. The molecule has 0 fully saturated rings. The molecular weight excluding hydrogens is 483 g/mol. The molecule has 7 nitrogen and oxygen atoms in total. The van der Waals surface area contributed by atoms with Crippen LogP contribution in [-0.2, 0) is 19.6 Å². The van der Waals surface area contributed by atoms with Gasteiger partial charge in [0.1, 0.15) is 0 Å². The Bertz CT molecular complexity index is 1470. The number of hydrogen-bond donors (Lipinski definition) is 3. The van der Waals surface area contributed by atoms with Crippen molar-refractivity contribution in [3.05, 3.63) is 99.1 Å². The second kappa shape index (κ2) is 10.9. The van der Waals surface area contributed by atoms with Gasteiger partial charge in [-0.15, -0.1) is 0 Å². The summed E-state index contributed by atoms with van der Waals surface area (Å²) >= 11 is 12.1. The van der Waals surface area contributed by atoms with Gasteiger partial charge in [0.25, 0.3) is 0 Å². The fourth-order valence-electron chi connectivity index (χ4n) is 3.98. The van der Waals surface area contributed by atoms with Crippen molar-refractivity contribution in [3.8, 4) is 0 Å². The molecule has 0 spiro atoms. The minimum absolute atomic E-state index is 0.168. The first-order chi connectivity index (χ1) is 16.9. The first-order valence-electron chi connectivity index (χ1n) is 11.0. The number of aliphatic imine (C=N–C) groups is 1. The molecule has 35 heavy (non-hydrogen) atoms. The maximum atomic E-state index is 10.9. The van der Waals surface area contributed by atoms with Crippen LogP contribution in [0.3, 0.4) is 0 Å². The highest BCUT2D eigenvalue weighted by Crippen LogP contribution is 2.27. The van der Waals surface area contributed by atoms with Crippen molar-refractivity contribution in [1.29, 1.82) is 5.41 Å². The number of benzene rings is 3. The zero-order valence-electron chi connectivity index (χ0n) is 19.2. The average Bonchev–Trinajstić information content (AvgIpc) is 3.11. The van der Waals surface area contributed by atoms with Gasteiger partial charge in [0.05, 0.1) is 52.5 Å². The number of nitrogens with two attached hydrogens (primary N) is 1. The second-order valence-corrected chi connectivity index (χ2v) is 9.09. The van der Waals surface area contributed by atoms with Gasteiger partial charge in [-0.3, -0.25) is 10.4 Å². The smallest absolute Gasteiger partial charge is 0.203 e. The fourth-order valence-corrected chi connectivity index (χ4v) is 4.29. The summed E-state index contributed by atoms with van der Waals surface area (Å²) in [4.78, 5) is 4.49. The Hall–Kier alpha value is -3.39. The summed E-state index contributed by atoms with van der Waals surface area (Å²) in [6, 6.07) is 20.8. The number of aromatic nitrogens is 2. The van der Waals surface area contributed by atoms with Crippen LogP contribution in [-0.4, -0.2) is 26.2 Å². The van der Waals surface area contributed by atoms with Gasteiger partial charge < -0.3 is 20.1 Å². The Labute approximate surface area is 213 Å². The molecule has 0 aliphatic heterocycles. The van der Waals surface area contributed by atoms with Gasteiger partial charge in [0.2, 0.25) is 5.62 Å². The van der Waals surface area contributed by atoms with Crippen LogP contribution in [0.4, 0.5) is 0 Å². The van der Waals surface area contributed by atoms with E-state index < -0.39 is 6.10 Å². The van der Waals surface area contributed by atoms with E-state index in [1.54, 1.807) is 33.5 Å². The van der Waals surface area contributed by atoms with Gasteiger partial charge in [-0.2, -0.15) is 5.10 Å². The summed E-state index contributed by atoms with van der Waals surface area (Å²) in [5.41, 5.74) is 5.27. The predicted molar refractivity (Wildman–Crippen MR) is 142 cm³/mol. The first kappa shape index (κ1) is 24.7. The summed E-state index contributed by atoms with van der Waals surface area (Å²) in [5, 5.41) is 24.4. The number of imidazole rings is 1. The normalized spacial score (nSPS) is 13.1. The van der Waals surface area contributed by atoms with E-state index in [0.29, 0.717) is 27.9 Å². The Morgan fingerprint density at radius 1 is 1.03 bits per heavy atom. The van der Waals surface area contributed by atoms with Crippen molar-refractivity contribution in [2.45, 2.75) is 32.7 Å². The predicted octanol–water partition coefficient (Wildman–Crippen LogP) is 4.86. The number of fused-ring (bicyclic) bond motifs is 1. The molecule has 0 bridgehead atoms. The Morgan fingerprint density at radius 3 is 2.46 bits per heavy atom. The lowest BCUT2D eigenvalue weighted by Crippen LogP contribution is -2.29. The van der Waals surface area contributed by atoms with Crippen molar-refractivity contribution in [2.24, 2.45) is 15.9 Å². The Morgan fingerprint density at radius 2 is 1.77 bits per heavy atom. The lowest BCUT2D eigenvalue weighted by molar-refractivity contribution is 0.156. The number of hydrazone groups is 1. The summed E-state index contributed by atoms with van der Waals surface area (Å²) < 4.78 is 3.54. The molecule has 4 N–H and O–H groups in total.